The second kappa shape index (κ2) is 4.41. The molecule has 0 spiro atoms. The van der Waals surface area contributed by atoms with E-state index in [4.69, 9.17) is 0 Å². The van der Waals surface area contributed by atoms with Crippen LogP contribution in [0, 0.1) is 0 Å². The minimum Gasteiger partial charge on any atom is -0.322 e. The predicted octanol–water partition coefficient (Wildman–Crippen LogP) is 1.62. The van der Waals surface area contributed by atoms with Crippen LogP contribution in [-0.2, 0) is 4.79 Å². The van der Waals surface area contributed by atoms with E-state index in [0.29, 0.717) is 4.48 Å². The Hall–Kier alpha value is -0.630. The van der Waals surface area contributed by atoms with Gasteiger partial charge in [-0.25, -0.2) is 0 Å². The normalized spacial score (nSPS) is 15.1. The highest BCUT2D eigenvalue weighted by atomic mass is 16.1. The first-order valence-electron chi connectivity index (χ1n) is 4.41. The van der Waals surface area contributed by atoms with E-state index in [0.717, 1.165) is 6.42 Å². The fraction of sp³-hybridized carbons (Fsp3) is 0.700. The number of nitrogens with zero attached hydrogens (tertiary/aromatic N) is 1. The smallest absolute Gasteiger partial charge is 0.212 e. The summed E-state index contributed by atoms with van der Waals surface area (Å²) in [5.41, 5.74) is 0. The summed E-state index contributed by atoms with van der Waals surface area (Å²) in [6.45, 7) is 3.93. The molecule has 0 N–H and O–H groups in total. The topological polar surface area (TPSA) is 17.1 Å². The molecule has 0 aliphatic carbocycles. The molecule has 0 fully saturated rings. The standard InChI is InChI=1S/C10H20NO/c1-6-8-10(12)9(7-2)11(3,4)5/h6,8-9H,7H2,1-5H3/q+1. The molecule has 0 saturated carbocycles. The highest BCUT2D eigenvalue weighted by Gasteiger charge is 2.27. The maximum Gasteiger partial charge on any atom is 0.212 e. The number of rotatable bonds is 4. The van der Waals surface area contributed by atoms with Crippen LogP contribution in [0.1, 0.15) is 20.3 Å². The van der Waals surface area contributed by atoms with E-state index in [1.54, 1.807) is 12.2 Å². The second-order valence-corrected chi connectivity index (χ2v) is 3.94. The first-order chi connectivity index (χ1) is 5.43. The van der Waals surface area contributed by atoms with Crippen molar-refractivity contribution in [3.05, 3.63) is 12.2 Å². The van der Waals surface area contributed by atoms with Crippen molar-refractivity contribution in [3.63, 3.8) is 0 Å². The molecule has 0 bridgehead atoms. The molecular formula is C10H20NO+. The molecule has 0 radical (unpaired) electrons. The van der Waals surface area contributed by atoms with Gasteiger partial charge in [-0.1, -0.05) is 13.0 Å². The zero-order valence-corrected chi connectivity index (χ0v) is 8.79. The maximum atomic E-state index is 11.5. The molecule has 0 heterocycles. The van der Waals surface area contributed by atoms with E-state index in [-0.39, 0.29) is 11.8 Å². The van der Waals surface area contributed by atoms with E-state index in [2.05, 4.69) is 28.1 Å². The van der Waals surface area contributed by atoms with E-state index >= 15 is 0 Å². The summed E-state index contributed by atoms with van der Waals surface area (Å²) in [6, 6.07) is 0.0983. The quantitative estimate of drug-likeness (QED) is 0.463. The summed E-state index contributed by atoms with van der Waals surface area (Å²) in [5, 5.41) is 0. The highest BCUT2D eigenvalue weighted by molar-refractivity contribution is 5.93. The molecule has 0 rings (SSSR count). The fourth-order valence-electron chi connectivity index (χ4n) is 1.41. The largest absolute Gasteiger partial charge is 0.322 e. The summed E-state index contributed by atoms with van der Waals surface area (Å²) in [4.78, 5) is 11.5. The Morgan fingerprint density at radius 1 is 1.42 bits per heavy atom. The molecule has 0 aromatic carbocycles. The average Bonchev–Trinajstić information content (AvgIpc) is 1.85. The minimum atomic E-state index is 0.0983. The molecule has 70 valence electrons. The van der Waals surface area contributed by atoms with Crippen molar-refractivity contribution >= 4 is 5.78 Å². The van der Waals surface area contributed by atoms with E-state index in [9.17, 15) is 4.79 Å². The van der Waals surface area contributed by atoms with Crippen molar-refractivity contribution in [2.75, 3.05) is 21.1 Å². The van der Waals surface area contributed by atoms with E-state index < -0.39 is 0 Å². The summed E-state index contributed by atoms with van der Waals surface area (Å²) in [6.07, 6.45) is 4.37. The van der Waals surface area contributed by atoms with Crippen LogP contribution in [0.25, 0.3) is 0 Å². The van der Waals surface area contributed by atoms with Gasteiger partial charge in [0.1, 0.15) is 0 Å². The monoisotopic (exact) mass is 170 g/mol. The van der Waals surface area contributed by atoms with E-state index in [1.165, 1.54) is 0 Å². The molecule has 0 saturated heterocycles. The van der Waals surface area contributed by atoms with Crippen LogP contribution in [0.3, 0.4) is 0 Å². The lowest BCUT2D eigenvalue weighted by Gasteiger charge is -2.31. The van der Waals surface area contributed by atoms with Crippen LogP contribution in [0.15, 0.2) is 12.2 Å². The Balaban J connectivity index is 4.46. The molecule has 0 aliphatic rings. The first-order valence-corrected chi connectivity index (χ1v) is 4.41. The van der Waals surface area contributed by atoms with Gasteiger partial charge >= 0.3 is 0 Å². The third-order valence-electron chi connectivity index (χ3n) is 1.98. The van der Waals surface area contributed by atoms with Crippen molar-refractivity contribution in [2.45, 2.75) is 26.3 Å². The number of hydrogen-bond donors (Lipinski definition) is 0. The third-order valence-corrected chi connectivity index (χ3v) is 1.98. The molecule has 2 nitrogen and oxygen atoms in total. The van der Waals surface area contributed by atoms with Gasteiger partial charge in [-0.2, -0.15) is 0 Å². The zero-order chi connectivity index (χ0) is 9.78. The van der Waals surface area contributed by atoms with Gasteiger partial charge < -0.3 is 4.48 Å². The van der Waals surface area contributed by atoms with Crippen molar-refractivity contribution in [2.24, 2.45) is 0 Å². The number of quaternary nitrogens is 1. The van der Waals surface area contributed by atoms with Crippen molar-refractivity contribution < 1.29 is 9.28 Å². The number of carbonyl (C=O) groups is 1. The van der Waals surface area contributed by atoms with Crippen molar-refractivity contribution in [3.8, 4) is 0 Å². The van der Waals surface area contributed by atoms with Crippen LogP contribution < -0.4 is 0 Å². The zero-order valence-electron chi connectivity index (χ0n) is 8.79. The molecule has 12 heavy (non-hydrogen) atoms. The van der Waals surface area contributed by atoms with Crippen molar-refractivity contribution in [1.82, 2.24) is 0 Å². The predicted molar refractivity (Wildman–Crippen MR) is 51.9 cm³/mol. The lowest BCUT2D eigenvalue weighted by Crippen LogP contribution is -2.48. The Bertz CT molecular complexity index is 177. The van der Waals surface area contributed by atoms with Crippen LogP contribution in [0.5, 0.6) is 0 Å². The molecular weight excluding hydrogens is 150 g/mol. The molecule has 2 heteroatoms. The van der Waals surface area contributed by atoms with Crippen LogP contribution in [0.4, 0.5) is 0 Å². The summed E-state index contributed by atoms with van der Waals surface area (Å²) >= 11 is 0. The minimum absolute atomic E-state index is 0.0983. The van der Waals surface area contributed by atoms with Gasteiger partial charge in [0.25, 0.3) is 0 Å². The van der Waals surface area contributed by atoms with Gasteiger partial charge in [-0.15, -0.1) is 0 Å². The third kappa shape index (κ3) is 3.18. The summed E-state index contributed by atoms with van der Waals surface area (Å²) in [7, 11) is 6.15. The lowest BCUT2D eigenvalue weighted by molar-refractivity contribution is -0.886. The number of likely N-dealkylation sites (N-methyl/N-ethyl adjacent to an activating group) is 1. The SMILES string of the molecule is CC=CC(=O)C(CC)[N+](C)(C)C. The number of carbonyl (C=O) groups excluding carboxylic acids is 1. The van der Waals surface area contributed by atoms with Crippen LogP contribution in [0.2, 0.25) is 0 Å². The van der Waals surface area contributed by atoms with E-state index in [1.807, 2.05) is 6.92 Å². The average molecular weight is 170 g/mol. The van der Waals surface area contributed by atoms with Gasteiger partial charge in [-0.3, -0.25) is 4.79 Å². The summed E-state index contributed by atoms with van der Waals surface area (Å²) < 4.78 is 0.708. The van der Waals surface area contributed by atoms with Gasteiger partial charge in [0.2, 0.25) is 5.78 Å². The Kier molecular flexibility index (Phi) is 4.18. The molecule has 1 atom stereocenters. The Labute approximate surface area is 75.5 Å². The molecule has 1 unspecified atom stereocenters. The lowest BCUT2D eigenvalue weighted by atomic mass is 10.1. The summed E-state index contributed by atoms with van der Waals surface area (Å²) in [5.74, 6) is 0.229. The maximum absolute atomic E-state index is 11.5. The number of allylic oxidation sites excluding steroid dienone is 1. The molecule has 0 aliphatic heterocycles. The molecule has 0 aromatic heterocycles. The van der Waals surface area contributed by atoms with Gasteiger partial charge in [0, 0.05) is 6.42 Å². The second-order valence-electron chi connectivity index (χ2n) is 3.94. The van der Waals surface area contributed by atoms with Crippen LogP contribution >= 0.6 is 0 Å². The van der Waals surface area contributed by atoms with Crippen LogP contribution in [-0.4, -0.2) is 37.5 Å². The molecule has 0 amide bonds. The number of ketones is 1. The number of hydrogen-bond acceptors (Lipinski definition) is 1. The first kappa shape index (κ1) is 11.4. The molecule has 0 aromatic rings. The van der Waals surface area contributed by atoms with Gasteiger partial charge in [0.15, 0.2) is 6.04 Å². The Morgan fingerprint density at radius 3 is 2.17 bits per heavy atom. The van der Waals surface area contributed by atoms with Gasteiger partial charge in [-0.05, 0) is 13.0 Å². The highest BCUT2D eigenvalue weighted by Crippen LogP contribution is 2.08. The van der Waals surface area contributed by atoms with Gasteiger partial charge in [0.05, 0.1) is 21.1 Å². The fourth-order valence-corrected chi connectivity index (χ4v) is 1.41. The Morgan fingerprint density at radius 2 is 1.92 bits per heavy atom. The van der Waals surface area contributed by atoms with Crippen molar-refractivity contribution in [1.29, 1.82) is 0 Å².